The summed E-state index contributed by atoms with van der Waals surface area (Å²) in [6, 6.07) is 3.41. The van der Waals surface area contributed by atoms with Crippen LogP contribution in [-0.2, 0) is 5.54 Å². The Morgan fingerprint density at radius 2 is 1.88 bits per heavy atom. The van der Waals surface area contributed by atoms with Crippen molar-refractivity contribution < 1.29 is 9.13 Å². The van der Waals surface area contributed by atoms with Crippen molar-refractivity contribution in [1.82, 2.24) is 0 Å². The largest absolute Gasteiger partial charge is 0.496 e. The summed E-state index contributed by atoms with van der Waals surface area (Å²) in [4.78, 5) is 0. The average molecular weight is 237 g/mol. The molecule has 1 fully saturated rings. The maximum atomic E-state index is 14.2. The Morgan fingerprint density at radius 3 is 2.47 bits per heavy atom. The molecule has 0 aromatic heterocycles. The van der Waals surface area contributed by atoms with Crippen LogP contribution in [0.2, 0.25) is 0 Å². The first-order valence-corrected chi connectivity index (χ1v) is 6.20. The highest BCUT2D eigenvalue weighted by molar-refractivity contribution is 5.43. The third kappa shape index (κ3) is 2.29. The lowest BCUT2D eigenvalue weighted by atomic mass is 9.76. The Balaban J connectivity index is 2.49. The molecule has 0 radical (unpaired) electrons. The molecule has 2 nitrogen and oxygen atoms in total. The maximum Gasteiger partial charge on any atom is 0.132 e. The molecule has 0 amide bonds. The van der Waals surface area contributed by atoms with Crippen molar-refractivity contribution in [3.05, 3.63) is 29.1 Å². The molecule has 1 aliphatic carbocycles. The molecule has 0 heterocycles. The van der Waals surface area contributed by atoms with Crippen LogP contribution in [0.4, 0.5) is 4.39 Å². The highest BCUT2D eigenvalue weighted by Crippen LogP contribution is 2.41. The molecule has 1 aromatic rings. The number of methoxy groups -OCH3 is 1. The van der Waals surface area contributed by atoms with E-state index in [0.717, 1.165) is 31.2 Å². The highest BCUT2D eigenvalue weighted by atomic mass is 19.1. The molecular formula is C14H20FNO. The van der Waals surface area contributed by atoms with E-state index in [9.17, 15) is 4.39 Å². The van der Waals surface area contributed by atoms with Crippen LogP contribution in [0, 0.1) is 12.7 Å². The van der Waals surface area contributed by atoms with E-state index >= 15 is 0 Å². The lowest BCUT2D eigenvalue weighted by molar-refractivity contribution is 0.279. The molecule has 2 N–H and O–H groups in total. The number of benzene rings is 1. The van der Waals surface area contributed by atoms with E-state index < -0.39 is 5.54 Å². The first-order valence-electron chi connectivity index (χ1n) is 6.20. The lowest BCUT2D eigenvalue weighted by Crippen LogP contribution is -2.39. The molecule has 0 bridgehead atoms. The zero-order valence-electron chi connectivity index (χ0n) is 10.6. The second-order valence-corrected chi connectivity index (χ2v) is 5.04. The number of ether oxygens (including phenoxy) is 1. The van der Waals surface area contributed by atoms with Crippen molar-refractivity contribution >= 4 is 0 Å². The molecule has 94 valence electrons. The van der Waals surface area contributed by atoms with Crippen LogP contribution in [-0.4, -0.2) is 7.11 Å². The van der Waals surface area contributed by atoms with Crippen LogP contribution in [0.1, 0.15) is 43.2 Å². The molecule has 0 atom stereocenters. The van der Waals surface area contributed by atoms with Gasteiger partial charge in [0.15, 0.2) is 0 Å². The van der Waals surface area contributed by atoms with E-state index in [2.05, 4.69) is 0 Å². The van der Waals surface area contributed by atoms with Gasteiger partial charge in [-0.25, -0.2) is 4.39 Å². The molecule has 0 spiro atoms. The smallest absolute Gasteiger partial charge is 0.132 e. The highest BCUT2D eigenvalue weighted by Gasteiger charge is 2.34. The van der Waals surface area contributed by atoms with Gasteiger partial charge < -0.3 is 10.5 Å². The summed E-state index contributed by atoms with van der Waals surface area (Å²) in [5.74, 6) is 0.359. The van der Waals surface area contributed by atoms with Gasteiger partial charge in [0.1, 0.15) is 11.6 Å². The zero-order valence-corrected chi connectivity index (χ0v) is 10.6. The maximum absolute atomic E-state index is 14.2. The monoisotopic (exact) mass is 237 g/mol. The minimum atomic E-state index is -0.554. The summed E-state index contributed by atoms with van der Waals surface area (Å²) >= 11 is 0. The molecule has 3 heteroatoms. The van der Waals surface area contributed by atoms with E-state index in [4.69, 9.17) is 10.5 Å². The van der Waals surface area contributed by atoms with E-state index in [-0.39, 0.29) is 5.82 Å². The van der Waals surface area contributed by atoms with Gasteiger partial charge in [-0.05, 0) is 37.5 Å². The second-order valence-electron chi connectivity index (χ2n) is 5.04. The van der Waals surface area contributed by atoms with Gasteiger partial charge in [0.25, 0.3) is 0 Å². The first kappa shape index (κ1) is 12.4. The van der Waals surface area contributed by atoms with Gasteiger partial charge in [0, 0.05) is 11.1 Å². The fourth-order valence-electron chi connectivity index (χ4n) is 2.79. The number of hydrogen-bond donors (Lipinski definition) is 1. The quantitative estimate of drug-likeness (QED) is 0.856. The Labute approximate surface area is 102 Å². The van der Waals surface area contributed by atoms with Crippen LogP contribution >= 0.6 is 0 Å². The topological polar surface area (TPSA) is 35.2 Å². The Bertz CT molecular complexity index is 411. The Morgan fingerprint density at radius 1 is 1.24 bits per heavy atom. The van der Waals surface area contributed by atoms with Gasteiger partial charge in [-0.2, -0.15) is 0 Å². The van der Waals surface area contributed by atoms with Gasteiger partial charge in [-0.15, -0.1) is 0 Å². The van der Waals surface area contributed by atoms with Crippen LogP contribution in [0.3, 0.4) is 0 Å². The predicted octanol–water partition coefficient (Wildman–Crippen LogP) is 3.26. The van der Waals surface area contributed by atoms with E-state index in [1.54, 1.807) is 13.2 Å². The van der Waals surface area contributed by atoms with Gasteiger partial charge >= 0.3 is 0 Å². The summed E-state index contributed by atoms with van der Waals surface area (Å²) in [6.45, 7) is 1.86. The molecule has 2 rings (SSSR count). The van der Waals surface area contributed by atoms with Crippen LogP contribution in [0.5, 0.6) is 5.75 Å². The molecule has 0 saturated heterocycles. The number of aryl methyl sites for hydroxylation is 1. The zero-order chi connectivity index (χ0) is 12.5. The number of nitrogens with two attached hydrogens (primary N) is 1. The Kier molecular flexibility index (Phi) is 3.38. The molecule has 17 heavy (non-hydrogen) atoms. The van der Waals surface area contributed by atoms with Crippen molar-refractivity contribution in [2.24, 2.45) is 5.73 Å². The van der Waals surface area contributed by atoms with Crippen molar-refractivity contribution in [3.8, 4) is 5.75 Å². The van der Waals surface area contributed by atoms with E-state index in [0.29, 0.717) is 11.3 Å². The predicted molar refractivity (Wildman–Crippen MR) is 66.6 cm³/mol. The average Bonchev–Trinajstić information content (AvgIpc) is 2.28. The van der Waals surface area contributed by atoms with Gasteiger partial charge in [0.05, 0.1) is 7.11 Å². The molecule has 0 unspecified atom stereocenters. The van der Waals surface area contributed by atoms with E-state index in [1.807, 2.05) is 13.0 Å². The molecule has 1 aliphatic rings. The lowest BCUT2D eigenvalue weighted by Gasteiger charge is -2.35. The summed E-state index contributed by atoms with van der Waals surface area (Å²) in [5.41, 5.74) is 7.26. The standard InChI is InChI=1S/C14H20FNO/c1-10-8-11(15)13(12(9-10)17-2)14(16)6-4-3-5-7-14/h8-9H,3-7,16H2,1-2H3. The third-order valence-electron chi connectivity index (χ3n) is 3.66. The van der Waals surface area contributed by atoms with Crippen molar-refractivity contribution in [3.63, 3.8) is 0 Å². The van der Waals surface area contributed by atoms with Crippen molar-refractivity contribution in [1.29, 1.82) is 0 Å². The molecule has 1 aromatic carbocycles. The SMILES string of the molecule is COc1cc(C)cc(F)c1C1(N)CCCCC1. The van der Waals surface area contributed by atoms with Crippen molar-refractivity contribution in [2.75, 3.05) is 7.11 Å². The summed E-state index contributed by atoms with van der Waals surface area (Å²) < 4.78 is 19.5. The Hall–Kier alpha value is -1.09. The number of rotatable bonds is 2. The number of hydrogen-bond acceptors (Lipinski definition) is 2. The fourth-order valence-corrected chi connectivity index (χ4v) is 2.79. The second kappa shape index (κ2) is 4.65. The summed E-state index contributed by atoms with van der Waals surface area (Å²) in [7, 11) is 1.57. The van der Waals surface area contributed by atoms with Crippen LogP contribution in [0.25, 0.3) is 0 Å². The summed E-state index contributed by atoms with van der Waals surface area (Å²) in [5, 5.41) is 0. The van der Waals surface area contributed by atoms with Crippen LogP contribution < -0.4 is 10.5 Å². The number of halogens is 1. The third-order valence-corrected chi connectivity index (χ3v) is 3.66. The minimum Gasteiger partial charge on any atom is -0.496 e. The van der Waals surface area contributed by atoms with E-state index in [1.165, 1.54) is 6.42 Å². The first-order chi connectivity index (χ1) is 8.07. The van der Waals surface area contributed by atoms with Crippen LogP contribution in [0.15, 0.2) is 12.1 Å². The molecular weight excluding hydrogens is 217 g/mol. The van der Waals surface area contributed by atoms with Gasteiger partial charge in [-0.1, -0.05) is 19.3 Å². The summed E-state index contributed by atoms with van der Waals surface area (Å²) in [6.07, 6.45) is 4.99. The fraction of sp³-hybridized carbons (Fsp3) is 0.571. The minimum absolute atomic E-state index is 0.230. The van der Waals surface area contributed by atoms with Gasteiger partial charge in [0.2, 0.25) is 0 Å². The molecule has 0 aliphatic heterocycles. The normalized spacial score (nSPS) is 19.1. The molecule has 1 saturated carbocycles. The van der Waals surface area contributed by atoms with Crippen molar-refractivity contribution in [2.45, 2.75) is 44.6 Å². The van der Waals surface area contributed by atoms with Gasteiger partial charge in [-0.3, -0.25) is 0 Å².